The fourth-order valence-electron chi connectivity index (χ4n) is 0.736. The fraction of sp³-hybridized carbons (Fsp3) is 0.571. The Morgan fingerprint density at radius 2 is 1.73 bits per heavy atom. The van der Waals surface area contributed by atoms with E-state index in [4.69, 9.17) is 15.4 Å². The summed E-state index contributed by atoms with van der Waals surface area (Å²) in [7, 11) is 0. The summed E-state index contributed by atoms with van der Waals surface area (Å²) in [6.45, 7) is -1.03. The maximum atomic E-state index is 10.9. The quantitative estimate of drug-likeness (QED) is 0.230. The summed E-state index contributed by atoms with van der Waals surface area (Å²) in [4.78, 5) is 31.1. The van der Waals surface area contributed by atoms with Crippen molar-refractivity contribution in [3.63, 3.8) is 0 Å². The Morgan fingerprint density at radius 3 is 2.20 bits per heavy atom. The zero-order valence-corrected chi connectivity index (χ0v) is 7.84. The van der Waals surface area contributed by atoms with Gasteiger partial charge in [-0.15, -0.1) is 0 Å². The molecule has 0 heterocycles. The number of nitrogens with one attached hydrogen (secondary N) is 1. The molecule has 8 nitrogen and oxygen atoms in total. The molecule has 15 heavy (non-hydrogen) atoms. The maximum Gasteiger partial charge on any atom is 0.325 e. The van der Waals surface area contributed by atoms with Crippen molar-refractivity contribution in [2.45, 2.75) is 6.42 Å². The van der Waals surface area contributed by atoms with Gasteiger partial charge in [0.15, 0.2) is 0 Å². The summed E-state index contributed by atoms with van der Waals surface area (Å²) in [5.74, 6) is -3.17. The molecule has 0 unspecified atom stereocenters. The van der Waals surface area contributed by atoms with Crippen molar-refractivity contribution in [3.05, 3.63) is 0 Å². The minimum absolute atomic E-state index is 0.0574. The van der Waals surface area contributed by atoms with E-state index in [9.17, 15) is 14.4 Å². The van der Waals surface area contributed by atoms with Gasteiger partial charge in [-0.2, -0.15) is 0 Å². The third kappa shape index (κ3) is 7.40. The van der Waals surface area contributed by atoms with Crippen LogP contribution in [0.5, 0.6) is 0 Å². The van der Waals surface area contributed by atoms with E-state index >= 15 is 0 Å². The summed E-state index contributed by atoms with van der Waals surface area (Å²) in [6, 6.07) is 0. The number of carboxylic acid groups (broad SMARTS) is 2. The molecule has 0 saturated carbocycles. The van der Waals surface area contributed by atoms with Crippen molar-refractivity contribution in [3.8, 4) is 0 Å². The molecule has 0 spiro atoms. The number of amides is 1. The topological polar surface area (TPSA) is 127 Å². The highest BCUT2D eigenvalue weighted by Crippen LogP contribution is 1.88. The first-order valence-corrected chi connectivity index (χ1v) is 4.07. The van der Waals surface area contributed by atoms with Crippen LogP contribution in [0, 0.1) is 0 Å². The highest BCUT2D eigenvalue weighted by atomic mass is 16.5. The molecule has 0 radical (unpaired) electrons. The first kappa shape index (κ1) is 13.3. The minimum atomic E-state index is -1.33. The summed E-state index contributed by atoms with van der Waals surface area (Å²) in [5, 5.41) is 27.8. The van der Waals surface area contributed by atoms with E-state index in [1.165, 1.54) is 0 Å². The zero-order valence-electron chi connectivity index (χ0n) is 7.84. The van der Waals surface area contributed by atoms with Crippen LogP contribution in [-0.2, 0) is 14.4 Å². The first-order valence-electron chi connectivity index (χ1n) is 4.07. The summed E-state index contributed by atoms with van der Waals surface area (Å²) in [5.41, 5.74) is 0. The predicted molar refractivity (Wildman–Crippen MR) is 46.3 cm³/mol. The number of nitrogens with zero attached hydrogens (tertiary/aromatic N) is 1. The normalized spacial score (nSPS) is 9.67. The fourth-order valence-corrected chi connectivity index (χ4v) is 0.736. The molecule has 0 aromatic rings. The average molecular weight is 220 g/mol. The molecule has 0 aromatic carbocycles. The second kappa shape index (κ2) is 6.74. The van der Waals surface area contributed by atoms with Gasteiger partial charge in [0, 0.05) is 13.0 Å². The summed E-state index contributed by atoms with van der Waals surface area (Å²) >= 11 is 0. The molecule has 86 valence electrons. The van der Waals surface area contributed by atoms with Crippen LogP contribution in [-0.4, -0.2) is 58.0 Å². The Kier molecular flexibility index (Phi) is 5.99. The molecule has 4 N–H and O–H groups in total. The van der Waals surface area contributed by atoms with E-state index in [1.54, 1.807) is 0 Å². The van der Waals surface area contributed by atoms with Gasteiger partial charge >= 0.3 is 11.9 Å². The lowest BCUT2D eigenvalue weighted by Crippen LogP contribution is -2.35. The van der Waals surface area contributed by atoms with Crippen molar-refractivity contribution in [1.82, 2.24) is 10.4 Å². The molecular formula is C7H12N2O6. The van der Waals surface area contributed by atoms with Gasteiger partial charge in [0.1, 0.15) is 6.54 Å². The first-order chi connectivity index (χ1) is 6.93. The number of carbonyl (C=O) groups is 3. The Labute approximate surface area is 85.1 Å². The van der Waals surface area contributed by atoms with E-state index in [0.717, 1.165) is 0 Å². The minimum Gasteiger partial charge on any atom is -0.480 e. The molecule has 0 aliphatic carbocycles. The molecule has 0 aliphatic rings. The third-order valence-electron chi connectivity index (χ3n) is 1.36. The lowest BCUT2D eigenvalue weighted by Gasteiger charge is -2.11. The van der Waals surface area contributed by atoms with Crippen LogP contribution in [0.15, 0.2) is 0 Å². The Morgan fingerprint density at radius 1 is 1.13 bits per heavy atom. The lowest BCUT2D eigenvalue weighted by molar-refractivity contribution is -0.173. The van der Waals surface area contributed by atoms with Gasteiger partial charge < -0.3 is 15.5 Å². The van der Waals surface area contributed by atoms with Gasteiger partial charge in [0.2, 0.25) is 5.91 Å². The Balaban J connectivity index is 3.64. The molecule has 0 saturated heterocycles. The van der Waals surface area contributed by atoms with E-state index < -0.39 is 24.4 Å². The molecule has 1 amide bonds. The highest BCUT2D eigenvalue weighted by molar-refractivity contribution is 5.80. The van der Waals surface area contributed by atoms with E-state index in [2.05, 4.69) is 5.32 Å². The third-order valence-corrected chi connectivity index (χ3v) is 1.36. The monoisotopic (exact) mass is 220 g/mol. The molecule has 0 aromatic heterocycles. The van der Waals surface area contributed by atoms with Crippen LogP contribution >= 0.6 is 0 Å². The van der Waals surface area contributed by atoms with Crippen LogP contribution in [0.2, 0.25) is 0 Å². The summed E-state index contributed by atoms with van der Waals surface area (Å²) in [6.07, 6.45) is -0.170. The molecule has 0 rings (SSSR count). The standard InChI is InChI=1S/C7H12N2O6/c10-5(9(15)4-7(13)14)1-2-8-3-6(11)12/h8,15H,1-4H2,(H,11,12)(H,13,14). The van der Waals surface area contributed by atoms with Crippen LogP contribution in [0.3, 0.4) is 0 Å². The van der Waals surface area contributed by atoms with Gasteiger partial charge in [-0.05, 0) is 0 Å². The average Bonchev–Trinajstić information content (AvgIpc) is 2.10. The van der Waals surface area contributed by atoms with Crippen LogP contribution < -0.4 is 5.32 Å². The molecule has 0 aliphatic heterocycles. The van der Waals surface area contributed by atoms with E-state index in [1.807, 2.05) is 0 Å². The molecule has 0 bridgehead atoms. The second-order valence-electron chi connectivity index (χ2n) is 2.67. The lowest BCUT2D eigenvalue weighted by atomic mass is 10.4. The number of hydroxylamine groups is 2. The SMILES string of the molecule is O=C(O)CNCCC(=O)N(O)CC(=O)O. The van der Waals surface area contributed by atoms with Gasteiger partial charge in [-0.3, -0.25) is 19.6 Å². The Hall–Kier alpha value is -1.67. The number of rotatable bonds is 7. The van der Waals surface area contributed by atoms with Crippen molar-refractivity contribution in [1.29, 1.82) is 0 Å². The van der Waals surface area contributed by atoms with Crippen molar-refractivity contribution < 1.29 is 29.8 Å². The van der Waals surface area contributed by atoms with Gasteiger partial charge in [-0.25, -0.2) is 5.06 Å². The molecule has 8 heteroatoms. The van der Waals surface area contributed by atoms with Crippen molar-refractivity contribution in [2.75, 3.05) is 19.6 Å². The predicted octanol–water partition coefficient (Wildman–Crippen LogP) is -1.65. The van der Waals surface area contributed by atoms with Gasteiger partial charge in [0.25, 0.3) is 0 Å². The van der Waals surface area contributed by atoms with Crippen molar-refractivity contribution in [2.24, 2.45) is 0 Å². The maximum absolute atomic E-state index is 10.9. The Bertz CT molecular complexity index is 254. The van der Waals surface area contributed by atoms with Gasteiger partial charge in [0.05, 0.1) is 6.54 Å². The number of carboxylic acids is 2. The largest absolute Gasteiger partial charge is 0.480 e. The van der Waals surface area contributed by atoms with E-state index in [0.29, 0.717) is 0 Å². The van der Waals surface area contributed by atoms with Crippen LogP contribution in [0.1, 0.15) is 6.42 Å². The second-order valence-corrected chi connectivity index (χ2v) is 2.67. The van der Waals surface area contributed by atoms with Crippen LogP contribution in [0.4, 0.5) is 0 Å². The number of hydrogen-bond donors (Lipinski definition) is 4. The van der Waals surface area contributed by atoms with Crippen LogP contribution in [0.25, 0.3) is 0 Å². The number of hydrogen-bond acceptors (Lipinski definition) is 5. The van der Waals surface area contributed by atoms with Crippen molar-refractivity contribution >= 4 is 17.8 Å². The van der Waals surface area contributed by atoms with Gasteiger partial charge in [-0.1, -0.05) is 0 Å². The molecule has 0 fully saturated rings. The zero-order chi connectivity index (χ0) is 11.8. The molecular weight excluding hydrogens is 208 g/mol. The smallest absolute Gasteiger partial charge is 0.325 e. The molecule has 0 atom stereocenters. The van der Waals surface area contributed by atoms with E-state index in [-0.39, 0.29) is 24.6 Å². The summed E-state index contributed by atoms with van der Waals surface area (Å²) < 4.78 is 0. The number of aliphatic carboxylic acids is 2. The highest BCUT2D eigenvalue weighted by Gasteiger charge is 2.13. The number of carbonyl (C=O) groups excluding carboxylic acids is 1.